The Bertz CT molecular complexity index is 232. The SMILES string of the molecule is CC#CCNCC(O)COCC(CC)CCCC. The third-order valence-corrected chi connectivity index (χ3v) is 2.98. The average Bonchev–Trinajstić information content (AvgIpc) is 2.38. The van der Waals surface area contributed by atoms with Crippen LogP contribution in [0.3, 0.4) is 0 Å². The molecular weight excluding hydrogens is 226 g/mol. The van der Waals surface area contributed by atoms with Crippen LogP contribution in [0.5, 0.6) is 0 Å². The maximum Gasteiger partial charge on any atom is 0.0897 e. The molecule has 0 aliphatic carbocycles. The highest BCUT2D eigenvalue weighted by Gasteiger charge is 2.08. The van der Waals surface area contributed by atoms with Gasteiger partial charge >= 0.3 is 0 Å². The molecule has 2 atom stereocenters. The van der Waals surface area contributed by atoms with Gasteiger partial charge < -0.3 is 15.2 Å². The maximum absolute atomic E-state index is 9.67. The molecule has 0 aliphatic heterocycles. The minimum Gasteiger partial charge on any atom is -0.389 e. The smallest absolute Gasteiger partial charge is 0.0897 e. The van der Waals surface area contributed by atoms with E-state index in [1.807, 2.05) is 6.92 Å². The lowest BCUT2D eigenvalue weighted by Crippen LogP contribution is -2.31. The van der Waals surface area contributed by atoms with Gasteiger partial charge in [-0.05, 0) is 19.3 Å². The van der Waals surface area contributed by atoms with Crippen molar-refractivity contribution < 1.29 is 9.84 Å². The highest BCUT2D eigenvalue weighted by molar-refractivity contribution is 4.96. The number of ether oxygens (including phenoxy) is 1. The lowest BCUT2D eigenvalue weighted by molar-refractivity contribution is 0.0198. The molecule has 0 spiro atoms. The Morgan fingerprint density at radius 3 is 2.67 bits per heavy atom. The van der Waals surface area contributed by atoms with Crippen LogP contribution >= 0.6 is 0 Å². The standard InChI is InChI=1S/C15H29NO2/c1-4-7-9-14(6-3)12-18-13-15(17)11-16-10-8-5-2/h14-17H,4,6-7,9-13H2,1-3H3. The molecule has 0 amide bonds. The van der Waals surface area contributed by atoms with Crippen molar-refractivity contribution in [3.8, 4) is 11.8 Å². The van der Waals surface area contributed by atoms with Gasteiger partial charge in [0.05, 0.1) is 19.3 Å². The van der Waals surface area contributed by atoms with Gasteiger partial charge in [0.1, 0.15) is 0 Å². The quantitative estimate of drug-likeness (QED) is 0.439. The molecule has 0 aromatic carbocycles. The van der Waals surface area contributed by atoms with Crippen molar-refractivity contribution in [1.82, 2.24) is 5.32 Å². The van der Waals surface area contributed by atoms with E-state index in [-0.39, 0.29) is 0 Å². The molecule has 18 heavy (non-hydrogen) atoms. The first-order valence-electron chi connectivity index (χ1n) is 7.10. The minimum absolute atomic E-state index is 0.412. The summed E-state index contributed by atoms with van der Waals surface area (Å²) in [4.78, 5) is 0. The fraction of sp³-hybridized carbons (Fsp3) is 0.867. The third-order valence-electron chi connectivity index (χ3n) is 2.98. The van der Waals surface area contributed by atoms with E-state index in [0.29, 0.717) is 25.6 Å². The largest absolute Gasteiger partial charge is 0.389 e. The second-order valence-electron chi connectivity index (χ2n) is 4.67. The average molecular weight is 255 g/mol. The molecule has 0 fully saturated rings. The van der Waals surface area contributed by atoms with Crippen molar-refractivity contribution in [2.45, 2.75) is 52.6 Å². The Kier molecular flexibility index (Phi) is 12.5. The number of aliphatic hydroxyl groups is 1. The fourth-order valence-electron chi connectivity index (χ4n) is 1.72. The van der Waals surface area contributed by atoms with E-state index >= 15 is 0 Å². The normalized spacial score (nSPS) is 13.8. The summed E-state index contributed by atoms with van der Waals surface area (Å²) >= 11 is 0. The second kappa shape index (κ2) is 12.9. The van der Waals surface area contributed by atoms with Crippen molar-refractivity contribution in [3.05, 3.63) is 0 Å². The van der Waals surface area contributed by atoms with Gasteiger partial charge in [0.2, 0.25) is 0 Å². The molecule has 2 unspecified atom stereocenters. The van der Waals surface area contributed by atoms with Crippen molar-refractivity contribution in [2.24, 2.45) is 5.92 Å². The van der Waals surface area contributed by atoms with Crippen molar-refractivity contribution in [1.29, 1.82) is 0 Å². The number of hydrogen-bond donors (Lipinski definition) is 2. The van der Waals surface area contributed by atoms with Crippen LogP contribution in [0.25, 0.3) is 0 Å². The van der Waals surface area contributed by atoms with Crippen LogP contribution in [0, 0.1) is 17.8 Å². The molecule has 0 radical (unpaired) electrons. The predicted octanol–water partition coefficient (Wildman–Crippen LogP) is 2.19. The monoisotopic (exact) mass is 255 g/mol. The van der Waals surface area contributed by atoms with Gasteiger partial charge in [0.15, 0.2) is 0 Å². The summed E-state index contributed by atoms with van der Waals surface area (Å²) in [6, 6.07) is 0. The molecule has 0 aromatic heterocycles. The zero-order valence-corrected chi connectivity index (χ0v) is 12.2. The number of hydrogen-bond acceptors (Lipinski definition) is 3. The van der Waals surface area contributed by atoms with Crippen LogP contribution in [0.4, 0.5) is 0 Å². The minimum atomic E-state index is -0.438. The van der Waals surface area contributed by atoms with Crippen LogP contribution in [0.2, 0.25) is 0 Å². The Morgan fingerprint density at radius 1 is 1.28 bits per heavy atom. The molecule has 0 saturated carbocycles. The Labute approximate surface area is 112 Å². The number of rotatable bonds is 11. The van der Waals surface area contributed by atoms with E-state index < -0.39 is 6.10 Å². The molecule has 0 aliphatic rings. The van der Waals surface area contributed by atoms with Crippen LogP contribution < -0.4 is 5.32 Å². The highest BCUT2D eigenvalue weighted by Crippen LogP contribution is 2.12. The Balaban J connectivity index is 3.51. The van der Waals surface area contributed by atoms with Gasteiger partial charge in [-0.3, -0.25) is 0 Å². The topological polar surface area (TPSA) is 41.5 Å². The van der Waals surface area contributed by atoms with Crippen LogP contribution in [0.1, 0.15) is 46.5 Å². The van der Waals surface area contributed by atoms with Crippen LogP contribution in [-0.2, 0) is 4.74 Å². The zero-order valence-electron chi connectivity index (χ0n) is 12.2. The fourth-order valence-corrected chi connectivity index (χ4v) is 1.72. The van der Waals surface area contributed by atoms with Gasteiger partial charge in [-0.1, -0.05) is 39.0 Å². The van der Waals surface area contributed by atoms with E-state index in [0.717, 1.165) is 13.0 Å². The van der Waals surface area contributed by atoms with Gasteiger partial charge in [-0.2, -0.15) is 0 Å². The molecule has 0 saturated heterocycles. The first-order valence-corrected chi connectivity index (χ1v) is 7.10. The second-order valence-corrected chi connectivity index (χ2v) is 4.67. The third kappa shape index (κ3) is 10.6. The molecule has 0 aromatic rings. The molecule has 0 bridgehead atoms. The predicted molar refractivity (Wildman–Crippen MR) is 76.5 cm³/mol. The molecular formula is C15H29NO2. The summed E-state index contributed by atoms with van der Waals surface area (Å²) in [5.74, 6) is 6.33. The highest BCUT2D eigenvalue weighted by atomic mass is 16.5. The lowest BCUT2D eigenvalue weighted by Gasteiger charge is -2.16. The maximum atomic E-state index is 9.67. The van der Waals surface area contributed by atoms with Gasteiger partial charge in [-0.25, -0.2) is 0 Å². The van der Waals surface area contributed by atoms with E-state index in [4.69, 9.17) is 4.74 Å². The van der Waals surface area contributed by atoms with Crippen molar-refractivity contribution >= 4 is 0 Å². The Morgan fingerprint density at radius 2 is 2.06 bits per heavy atom. The summed E-state index contributed by atoms with van der Waals surface area (Å²) in [5.41, 5.74) is 0. The number of unbranched alkanes of at least 4 members (excludes halogenated alkanes) is 1. The van der Waals surface area contributed by atoms with Gasteiger partial charge in [0.25, 0.3) is 0 Å². The molecule has 0 rings (SSSR count). The van der Waals surface area contributed by atoms with E-state index in [1.54, 1.807) is 0 Å². The molecule has 3 heteroatoms. The molecule has 3 nitrogen and oxygen atoms in total. The van der Waals surface area contributed by atoms with Gasteiger partial charge in [-0.15, -0.1) is 5.92 Å². The first kappa shape index (κ1) is 17.4. The summed E-state index contributed by atoms with van der Waals surface area (Å²) in [7, 11) is 0. The van der Waals surface area contributed by atoms with Crippen LogP contribution in [-0.4, -0.2) is 37.5 Å². The molecule has 0 heterocycles. The van der Waals surface area contributed by atoms with E-state index in [9.17, 15) is 5.11 Å². The first-order chi connectivity index (χ1) is 8.74. The van der Waals surface area contributed by atoms with Gasteiger partial charge in [0, 0.05) is 13.2 Å². The Hall–Kier alpha value is -0.560. The molecule has 106 valence electrons. The molecule has 2 N–H and O–H groups in total. The van der Waals surface area contributed by atoms with E-state index in [1.165, 1.54) is 19.3 Å². The summed E-state index contributed by atoms with van der Waals surface area (Å²) < 4.78 is 5.58. The summed E-state index contributed by atoms with van der Waals surface area (Å²) in [5, 5.41) is 12.7. The number of nitrogens with one attached hydrogen (secondary N) is 1. The summed E-state index contributed by atoms with van der Waals surface area (Å²) in [6.45, 7) is 8.56. The number of aliphatic hydroxyl groups excluding tert-OH is 1. The van der Waals surface area contributed by atoms with Crippen LogP contribution in [0.15, 0.2) is 0 Å². The van der Waals surface area contributed by atoms with Crippen molar-refractivity contribution in [3.63, 3.8) is 0 Å². The lowest BCUT2D eigenvalue weighted by atomic mass is 10.0. The summed E-state index contributed by atoms with van der Waals surface area (Å²) in [6.07, 6.45) is 4.45. The van der Waals surface area contributed by atoms with Crippen molar-refractivity contribution in [2.75, 3.05) is 26.3 Å². The zero-order chi connectivity index (χ0) is 13.6. The van der Waals surface area contributed by atoms with E-state index in [2.05, 4.69) is 31.0 Å².